The van der Waals surface area contributed by atoms with Gasteiger partial charge >= 0.3 is 24.1 Å². The largest absolute Gasteiger partial charge is 0.478 e. The molecule has 0 aliphatic carbocycles. The van der Waals surface area contributed by atoms with Crippen molar-refractivity contribution < 1.29 is 54.5 Å². The van der Waals surface area contributed by atoms with E-state index >= 15 is 0 Å². The van der Waals surface area contributed by atoms with Gasteiger partial charge in [-0.3, -0.25) is 14.0 Å². The topological polar surface area (TPSA) is 274 Å². The van der Waals surface area contributed by atoms with Gasteiger partial charge in [-0.1, -0.05) is 0 Å². The number of carbonyl (C=O) groups is 2. The Morgan fingerprint density at radius 1 is 0.810 bits per heavy atom. The van der Waals surface area contributed by atoms with Gasteiger partial charge in [0.2, 0.25) is 17.9 Å². The summed E-state index contributed by atoms with van der Waals surface area (Å²) in [7, 11) is -9.58. The summed E-state index contributed by atoms with van der Waals surface area (Å²) < 4.78 is 92.8. The fourth-order valence-electron chi connectivity index (χ4n) is 3.33. The molecule has 0 unspecified atom stereocenters. The van der Waals surface area contributed by atoms with Crippen LogP contribution in [0.4, 0.5) is 32.1 Å². The van der Waals surface area contributed by atoms with Crippen molar-refractivity contribution in [1.29, 1.82) is 0 Å². The first-order valence-corrected chi connectivity index (χ1v) is 13.6. The molecule has 22 heteroatoms. The molecule has 0 fully saturated rings. The molecule has 0 radical (unpaired) electrons. The van der Waals surface area contributed by atoms with Crippen LogP contribution in [0.1, 0.15) is 20.7 Å². The summed E-state index contributed by atoms with van der Waals surface area (Å²) >= 11 is 0. The molecule has 2 aromatic carbocycles. The molecule has 0 amide bonds. The highest BCUT2D eigenvalue weighted by Gasteiger charge is 2.26. The third-order valence-electron chi connectivity index (χ3n) is 5.17. The number of nitrogens with zero attached hydrogens (tertiary/aromatic N) is 6. The summed E-state index contributed by atoms with van der Waals surface area (Å²) in [5, 5.41) is 23.6. The number of nitrogens with one attached hydrogen (secondary N) is 2. The number of aromatic carboxylic acids is 2. The van der Waals surface area contributed by atoms with Gasteiger partial charge in [0.1, 0.15) is 6.67 Å². The van der Waals surface area contributed by atoms with Gasteiger partial charge in [-0.15, -0.1) is 0 Å². The molecular weight excluding hydrogens is 614 g/mol. The number of benzene rings is 2. The van der Waals surface area contributed by atoms with Crippen LogP contribution in [0.5, 0.6) is 0 Å². The van der Waals surface area contributed by atoms with E-state index in [2.05, 4.69) is 35.6 Å². The summed E-state index contributed by atoms with van der Waals surface area (Å²) in [4.78, 5) is 40.2. The normalized spacial score (nSPS) is 13.7. The number of guanidine groups is 1. The summed E-state index contributed by atoms with van der Waals surface area (Å²) in [6, 6.07) is 4.67. The van der Waals surface area contributed by atoms with Crippen LogP contribution in [0.3, 0.4) is 0 Å². The van der Waals surface area contributed by atoms with Crippen molar-refractivity contribution in [2.24, 2.45) is 9.98 Å². The molecule has 18 nitrogen and oxygen atoms in total. The van der Waals surface area contributed by atoms with Gasteiger partial charge in [-0.05, 0) is 36.4 Å². The molecule has 42 heavy (non-hydrogen) atoms. The molecular formula is C20H14F2N8O10S2. The molecule has 1 aliphatic heterocycles. The van der Waals surface area contributed by atoms with Gasteiger partial charge < -0.3 is 20.8 Å². The lowest BCUT2D eigenvalue weighted by molar-refractivity contribution is 0.0687. The number of aliphatic imine (C=N–C) groups is 2. The van der Waals surface area contributed by atoms with Crippen molar-refractivity contribution >= 4 is 67.5 Å². The number of hydrogen-bond acceptors (Lipinski definition) is 14. The summed E-state index contributed by atoms with van der Waals surface area (Å²) in [5.74, 6) is -5.16. The minimum absolute atomic E-state index is 0.366. The molecule has 220 valence electrons. The van der Waals surface area contributed by atoms with Crippen LogP contribution in [0.2, 0.25) is 0 Å². The van der Waals surface area contributed by atoms with E-state index in [9.17, 15) is 54.5 Å². The van der Waals surface area contributed by atoms with Crippen LogP contribution in [-0.4, -0.2) is 81.8 Å². The van der Waals surface area contributed by atoms with Crippen LogP contribution >= 0.6 is 0 Å². The lowest BCUT2D eigenvalue weighted by Gasteiger charge is -2.25. The van der Waals surface area contributed by atoms with Crippen LogP contribution in [0.15, 0.2) is 56.2 Å². The quantitative estimate of drug-likeness (QED) is 0.151. The lowest BCUT2D eigenvalue weighted by atomic mass is 10.2. The van der Waals surface area contributed by atoms with E-state index in [1.807, 2.05) is 0 Å². The number of carboxylic acids is 2. The monoisotopic (exact) mass is 628 g/mol. The Kier molecular flexibility index (Phi) is 7.80. The maximum atomic E-state index is 14.5. The number of anilines is 4. The van der Waals surface area contributed by atoms with Crippen molar-refractivity contribution in [3.63, 3.8) is 0 Å². The Bertz CT molecular complexity index is 1920. The van der Waals surface area contributed by atoms with E-state index < -0.39 is 95.5 Å². The van der Waals surface area contributed by atoms with Gasteiger partial charge in [0.05, 0.1) is 32.3 Å². The zero-order valence-electron chi connectivity index (χ0n) is 20.2. The van der Waals surface area contributed by atoms with E-state index in [0.29, 0.717) is 12.1 Å². The first-order chi connectivity index (χ1) is 19.5. The standard InChI is InChI=1S/C20H14F2N8O10S2/c21-16-23-7-30(19(27-16)25-12-4-2-8(41(35,36)37)5-11(12)15(33)34)20-28-17(22)26-18(29-20)24-13-6-9(42(38,39)40)1-3-10(13)14(31)32/h1-6H,7H2,(H,31,32)(H,33,34)(H,23,25,27)(H,35,36,37)(H,38,39,40)(H,24,26,28,29). The summed E-state index contributed by atoms with van der Waals surface area (Å²) in [6.07, 6.45) is -2.80. The number of rotatable bonds is 8. The number of hydrogen-bond donors (Lipinski definition) is 6. The van der Waals surface area contributed by atoms with E-state index in [0.717, 1.165) is 29.2 Å². The maximum Gasteiger partial charge on any atom is 0.337 e. The average molecular weight is 629 g/mol. The predicted molar refractivity (Wildman–Crippen MR) is 136 cm³/mol. The molecule has 0 saturated carbocycles. The molecule has 0 saturated heterocycles. The van der Waals surface area contributed by atoms with Crippen molar-refractivity contribution in [3.8, 4) is 0 Å². The van der Waals surface area contributed by atoms with Crippen LogP contribution < -0.4 is 15.5 Å². The number of halogens is 2. The average Bonchev–Trinajstić information content (AvgIpc) is 2.87. The van der Waals surface area contributed by atoms with E-state index in [1.54, 1.807) is 0 Å². The van der Waals surface area contributed by atoms with Crippen molar-refractivity contribution in [1.82, 2.24) is 15.0 Å². The van der Waals surface area contributed by atoms with E-state index in [1.165, 1.54) is 0 Å². The van der Waals surface area contributed by atoms with Crippen molar-refractivity contribution in [2.45, 2.75) is 9.79 Å². The predicted octanol–water partition coefficient (Wildman–Crippen LogP) is 1.22. The van der Waals surface area contributed by atoms with Gasteiger partial charge in [0.15, 0.2) is 0 Å². The highest BCUT2D eigenvalue weighted by molar-refractivity contribution is 7.86. The molecule has 3 aromatic rings. The zero-order valence-corrected chi connectivity index (χ0v) is 21.8. The molecule has 0 atom stereocenters. The SMILES string of the molecule is O=C(O)c1cc(S(=O)(=O)O)ccc1NC1=NC(F)=NCN1c1nc(F)nc(Nc2cc(S(=O)(=O)O)ccc2C(=O)O)n1. The van der Waals surface area contributed by atoms with Crippen LogP contribution in [0.25, 0.3) is 0 Å². The molecule has 0 bridgehead atoms. The second-order valence-electron chi connectivity index (χ2n) is 7.89. The Balaban J connectivity index is 1.74. The lowest BCUT2D eigenvalue weighted by Crippen LogP contribution is -2.41. The van der Waals surface area contributed by atoms with Gasteiger partial charge in [-0.25, -0.2) is 14.6 Å². The van der Waals surface area contributed by atoms with Crippen LogP contribution in [0, 0.1) is 6.08 Å². The molecule has 0 spiro atoms. The first-order valence-electron chi connectivity index (χ1n) is 10.7. The minimum atomic E-state index is -4.80. The molecule has 1 aromatic heterocycles. The zero-order chi connectivity index (χ0) is 31.0. The highest BCUT2D eigenvalue weighted by atomic mass is 32.2. The van der Waals surface area contributed by atoms with E-state index in [4.69, 9.17) is 0 Å². The number of aromatic nitrogens is 3. The smallest absolute Gasteiger partial charge is 0.337 e. The Labute approximate surface area is 232 Å². The first kappa shape index (κ1) is 29.8. The third kappa shape index (κ3) is 6.57. The Morgan fingerprint density at radius 3 is 2.05 bits per heavy atom. The molecule has 4 rings (SSSR count). The molecule has 1 aliphatic rings. The van der Waals surface area contributed by atoms with Gasteiger partial charge in [-0.2, -0.15) is 45.6 Å². The van der Waals surface area contributed by atoms with Gasteiger partial charge in [0.25, 0.3) is 20.2 Å². The third-order valence-corrected chi connectivity index (χ3v) is 6.87. The Hall–Kier alpha value is -5.19. The van der Waals surface area contributed by atoms with Crippen molar-refractivity contribution in [2.75, 3.05) is 22.2 Å². The number of carboxylic acid groups (broad SMARTS) is 2. The van der Waals surface area contributed by atoms with Crippen LogP contribution in [-0.2, 0) is 20.2 Å². The minimum Gasteiger partial charge on any atom is -0.478 e. The van der Waals surface area contributed by atoms with Gasteiger partial charge in [0, 0.05) is 0 Å². The Morgan fingerprint density at radius 2 is 1.43 bits per heavy atom. The number of amidine groups is 1. The fraction of sp³-hybridized carbons (Fsp3) is 0.0500. The molecule has 6 N–H and O–H groups in total. The summed E-state index contributed by atoms with van der Waals surface area (Å²) in [5.41, 5.74) is -2.10. The maximum absolute atomic E-state index is 14.5. The molecule has 2 heterocycles. The highest BCUT2D eigenvalue weighted by Crippen LogP contribution is 2.26. The van der Waals surface area contributed by atoms with Crippen molar-refractivity contribution in [3.05, 3.63) is 53.6 Å². The van der Waals surface area contributed by atoms with E-state index in [-0.39, 0.29) is 5.69 Å². The summed E-state index contributed by atoms with van der Waals surface area (Å²) in [6.45, 7) is -0.676. The second-order valence-corrected chi connectivity index (χ2v) is 10.7. The second kappa shape index (κ2) is 11.0. The fourth-order valence-corrected chi connectivity index (χ4v) is 4.35.